The minimum Gasteiger partial charge on any atom is -0.310 e. The van der Waals surface area contributed by atoms with Gasteiger partial charge >= 0.3 is 0 Å². The van der Waals surface area contributed by atoms with Gasteiger partial charge in [0.2, 0.25) is 0 Å². The molecule has 1 N–H and O–H groups in total. The zero-order chi connectivity index (χ0) is 12.5. The van der Waals surface area contributed by atoms with E-state index >= 15 is 0 Å². The summed E-state index contributed by atoms with van der Waals surface area (Å²) in [6.07, 6.45) is 7.57. The number of allylic oxidation sites excluding steroid dienone is 2. The molecule has 1 saturated carbocycles. The van der Waals surface area contributed by atoms with Crippen LogP contribution >= 0.6 is 11.6 Å². The molecule has 2 aliphatic carbocycles. The largest absolute Gasteiger partial charge is 0.310 e. The lowest BCUT2D eigenvalue weighted by atomic mass is 9.93. The van der Waals surface area contributed by atoms with Gasteiger partial charge in [-0.2, -0.15) is 0 Å². The molecule has 2 aliphatic rings. The smallest absolute Gasteiger partial charge is 0.0453 e. The van der Waals surface area contributed by atoms with Crippen LogP contribution in [0.5, 0.6) is 0 Å². The van der Waals surface area contributed by atoms with E-state index in [0.29, 0.717) is 6.04 Å². The Morgan fingerprint density at radius 2 is 2.11 bits per heavy atom. The molecule has 96 valence electrons. The van der Waals surface area contributed by atoms with E-state index in [4.69, 9.17) is 11.6 Å². The fourth-order valence-corrected chi connectivity index (χ4v) is 3.69. The number of nitrogens with one attached hydrogen (secondary N) is 1. The Hall–Kier alpha value is -0.790. The first-order valence-electron chi connectivity index (χ1n) is 6.90. The maximum atomic E-state index is 6.23. The third kappa shape index (κ3) is 2.34. The molecule has 3 unspecified atom stereocenters. The zero-order valence-electron chi connectivity index (χ0n) is 10.8. The summed E-state index contributed by atoms with van der Waals surface area (Å²) in [7, 11) is 0. The highest BCUT2D eigenvalue weighted by Gasteiger charge is 2.35. The first-order chi connectivity index (χ1) is 8.74. The van der Waals surface area contributed by atoms with Crippen molar-refractivity contribution in [3.8, 4) is 0 Å². The summed E-state index contributed by atoms with van der Waals surface area (Å²) in [5.74, 6) is 2.50. The fourth-order valence-electron chi connectivity index (χ4n) is 3.39. The average Bonchev–Trinajstić information content (AvgIpc) is 2.98. The summed E-state index contributed by atoms with van der Waals surface area (Å²) >= 11 is 6.23. The first kappa shape index (κ1) is 12.3. The molecule has 0 spiro atoms. The highest BCUT2D eigenvalue weighted by atomic mass is 35.5. The van der Waals surface area contributed by atoms with Crippen molar-refractivity contribution in [2.75, 3.05) is 6.54 Å². The average molecular weight is 262 g/mol. The van der Waals surface area contributed by atoms with Crippen LogP contribution in [0.4, 0.5) is 0 Å². The summed E-state index contributed by atoms with van der Waals surface area (Å²) < 4.78 is 0. The third-order valence-corrected chi connectivity index (χ3v) is 4.82. The van der Waals surface area contributed by atoms with Crippen LogP contribution in [0.25, 0.3) is 0 Å². The van der Waals surface area contributed by atoms with Gasteiger partial charge in [-0.1, -0.05) is 42.0 Å². The third-order valence-electron chi connectivity index (χ3n) is 4.47. The molecule has 3 rings (SSSR count). The molecule has 4 atom stereocenters. The Balaban J connectivity index is 1.57. The number of rotatable bonds is 4. The molecule has 0 radical (unpaired) electrons. The normalized spacial score (nSPS) is 30.9. The van der Waals surface area contributed by atoms with Gasteiger partial charge in [-0.25, -0.2) is 0 Å². The van der Waals surface area contributed by atoms with Crippen LogP contribution in [0.15, 0.2) is 36.4 Å². The molecule has 1 aromatic carbocycles. The van der Waals surface area contributed by atoms with Crippen molar-refractivity contribution in [1.82, 2.24) is 5.32 Å². The molecular weight excluding hydrogens is 242 g/mol. The number of halogens is 1. The van der Waals surface area contributed by atoms with Gasteiger partial charge in [0.1, 0.15) is 0 Å². The van der Waals surface area contributed by atoms with Gasteiger partial charge in [-0.3, -0.25) is 0 Å². The van der Waals surface area contributed by atoms with Crippen LogP contribution in [-0.4, -0.2) is 6.54 Å². The molecule has 0 amide bonds. The number of benzene rings is 1. The Labute approximate surface area is 114 Å². The molecule has 0 saturated heterocycles. The van der Waals surface area contributed by atoms with Crippen LogP contribution < -0.4 is 5.32 Å². The minimum atomic E-state index is 0.335. The second-order valence-electron chi connectivity index (χ2n) is 5.69. The molecule has 2 bridgehead atoms. The van der Waals surface area contributed by atoms with Crippen LogP contribution in [-0.2, 0) is 0 Å². The quantitative estimate of drug-likeness (QED) is 0.801. The van der Waals surface area contributed by atoms with Crippen molar-refractivity contribution < 1.29 is 0 Å². The van der Waals surface area contributed by atoms with Crippen molar-refractivity contribution in [3.05, 3.63) is 47.0 Å². The lowest BCUT2D eigenvalue weighted by Gasteiger charge is -2.22. The Morgan fingerprint density at radius 3 is 2.78 bits per heavy atom. The number of hydrogen-bond donors (Lipinski definition) is 1. The van der Waals surface area contributed by atoms with Gasteiger partial charge < -0.3 is 5.32 Å². The fraction of sp³-hybridized carbons (Fsp3) is 0.500. The van der Waals surface area contributed by atoms with Gasteiger partial charge in [0.25, 0.3) is 0 Å². The molecule has 1 aromatic rings. The van der Waals surface area contributed by atoms with E-state index in [1.807, 2.05) is 12.1 Å². The SMILES string of the molecule is C[C@@H](NCC1CC2C=CC1C2)c1ccccc1Cl. The second-order valence-corrected chi connectivity index (χ2v) is 6.10. The Bertz CT molecular complexity index is 454. The lowest BCUT2D eigenvalue weighted by molar-refractivity contribution is 0.393. The lowest BCUT2D eigenvalue weighted by Crippen LogP contribution is -2.28. The summed E-state index contributed by atoms with van der Waals surface area (Å²) in [5.41, 5.74) is 1.21. The summed E-state index contributed by atoms with van der Waals surface area (Å²) in [4.78, 5) is 0. The zero-order valence-corrected chi connectivity index (χ0v) is 11.5. The van der Waals surface area contributed by atoms with Crippen LogP contribution in [0, 0.1) is 17.8 Å². The minimum absolute atomic E-state index is 0.335. The van der Waals surface area contributed by atoms with Crippen molar-refractivity contribution >= 4 is 11.6 Å². The summed E-state index contributed by atoms with van der Waals surface area (Å²) in [6.45, 7) is 3.31. The van der Waals surface area contributed by atoms with Gasteiger partial charge in [0.05, 0.1) is 0 Å². The van der Waals surface area contributed by atoms with Gasteiger partial charge in [-0.05, 0) is 55.7 Å². The topological polar surface area (TPSA) is 12.0 Å². The van der Waals surface area contributed by atoms with Gasteiger partial charge in [-0.15, -0.1) is 0 Å². The van der Waals surface area contributed by atoms with Crippen LogP contribution in [0.1, 0.15) is 31.4 Å². The highest BCUT2D eigenvalue weighted by Crippen LogP contribution is 2.43. The maximum absolute atomic E-state index is 6.23. The van der Waals surface area contributed by atoms with Crippen molar-refractivity contribution in [1.29, 1.82) is 0 Å². The van der Waals surface area contributed by atoms with Gasteiger partial charge in [0, 0.05) is 11.1 Å². The molecule has 0 heterocycles. The van der Waals surface area contributed by atoms with E-state index in [0.717, 1.165) is 29.3 Å². The predicted octanol–water partition coefficient (Wildman–Crippen LogP) is 4.20. The molecule has 2 heteroatoms. The molecule has 0 aromatic heterocycles. The van der Waals surface area contributed by atoms with E-state index in [2.05, 4.69) is 36.5 Å². The highest BCUT2D eigenvalue weighted by molar-refractivity contribution is 6.31. The van der Waals surface area contributed by atoms with E-state index in [9.17, 15) is 0 Å². The number of fused-ring (bicyclic) bond motifs is 2. The monoisotopic (exact) mass is 261 g/mol. The van der Waals surface area contributed by atoms with Crippen molar-refractivity contribution in [2.45, 2.75) is 25.8 Å². The summed E-state index contributed by atoms with van der Waals surface area (Å²) in [6, 6.07) is 8.46. The molecule has 1 fully saturated rings. The van der Waals surface area contributed by atoms with Crippen LogP contribution in [0.2, 0.25) is 5.02 Å². The van der Waals surface area contributed by atoms with Crippen LogP contribution in [0.3, 0.4) is 0 Å². The maximum Gasteiger partial charge on any atom is 0.0453 e. The van der Waals surface area contributed by atoms with Crippen molar-refractivity contribution in [3.63, 3.8) is 0 Å². The summed E-state index contributed by atoms with van der Waals surface area (Å²) in [5, 5.41) is 4.51. The van der Waals surface area contributed by atoms with E-state index in [1.54, 1.807) is 0 Å². The standard InChI is InChI=1S/C16H20ClN/c1-11(15-4-2-3-5-16(15)17)18-10-14-9-12-6-7-13(14)8-12/h2-7,11-14,18H,8-10H2,1H3/t11-,12?,13?,14?/m1/s1. The second kappa shape index (κ2) is 5.07. The van der Waals surface area contributed by atoms with Crippen molar-refractivity contribution in [2.24, 2.45) is 17.8 Å². The number of hydrogen-bond acceptors (Lipinski definition) is 1. The Kier molecular flexibility index (Phi) is 3.45. The van der Waals surface area contributed by atoms with E-state index in [-0.39, 0.29) is 0 Å². The molecular formula is C16H20ClN. The first-order valence-corrected chi connectivity index (χ1v) is 7.28. The van der Waals surface area contributed by atoms with E-state index < -0.39 is 0 Å². The molecule has 0 aliphatic heterocycles. The Morgan fingerprint density at radius 1 is 1.28 bits per heavy atom. The predicted molar refractivity (Wildman–Crippen MR) is 76.7 cm³/mol. The van der Waals surface area contributed by atoms with Gasteiger partial charge in [0.15, 0.2) is 0 Å². The molecule has 18 heavy (non-hydrogen) atoms. The van der Waals surface area contributed by atoms with E-state index in [1.165, 1.54) is 18.4 Å². The molecule has 1 nitrogen and oxygen atoms in total.